The van der Waals surface area contributed by atoms with Gasteiger partial charge in [0.25, 0.3) is 0 Å². The molecule has 120 valence electrons. The van der Waals surface area contributed by atoms with E-state index in [1.807, 2.05) is 0 Å². The van der Waals surface area contributed by atoms with Crippen LogP contribution in [0.4, 0.5) is 0 Å². The van der Waals surface area contributed by atoms with Crippen LogP contribution in [0.3, 0.4) is 0 Å². The second-order valence-corrected chi connectivity index (χ2v) is 7.47. The Morgan fingerprint density at radius 1 is 1.04 bits per heavy atom. The summed E-state index contributed by atoms with van der Waals surface area (Å²) in [7, 11) is 0. The van der Waals surface area contributed by atoms with E-state index in [0.717, 1.165) is 44.1 Å². The number of likely N-dealkylation sites (tertiary alicyclic amines) is 1. The van der Waals surface area contributed by atoms with Gasteiger partial charge in [0.15, 0.2) is 5.60 Å². The molecule has 0 atom stereocenters. The molecule has 1 aromatic heterocycles. The highest BCUT2D eigenvalue weighted by molar-refractivity contribution is 5.38. The minimum absolute atomic E-state index is 0.143. The van der Waals surface area contributed by atoms with Crippen LogP contribution in [0.1, 0.15) is 36.9 Å². The molecule has 5 rings (SSSR count). The lowest BCUT2D eigenvalue weighted by molar-refractivity contribution is -0.00703. The number of aromatic nitrogens is 1. The van der Waals surface area contributed by atoms with E-state index in [9.17, 15) is 0 Å². The van der Waals surface area contributed by atoms with Crippen molar-refractivity contribution in [2.45, 2.75) is 37.8 Å². The Balaban J connectivity index is 1.47. The molecule has 2 aromatic rings. The summed E-state index contributed by atoms with van der Waals surface area (Å²) in [5.41, 5.74) is 2.51. The Labute approximate surface area is 137 Å². The molecule has 3 heteroatoms. The van der Waals surface area contributed by atoms with Gasteiger partial charge in [0, 0.05) is 44.2 Å². The van der Waals surface area contributed by atoms with Crippen LogP contribution in [0.2, 0.25) is 0 Å². The number of hydrogen-bond donors (Lipinski definition) is 0. The van der Waals surface area contributed by atoms with Crippen LogP contribution in [0.5, 0.6) is 5.75 Å². The Morgan fingerprint density at radius 3 is 2.70 bits per heavy atom. The second kappa shape index (κ2) is 5.13. The van der Waals surface area contributed by atoms with Crippen LogP contribution in [0.25, 0.3) is 0 Å². The molecule has 2 aliphatic heterocycles. The summed E-state index contributed by atoms with van der Waals surface area (Å²) in [5.74, 6) is 2.05. The van der Waals surface area contributed by atoms with Crippen molar-refractivity contribution in [1.29, 1.82) is 0 Å². The Morgan fingerprint density at radius 2 is 1.87 bits per heavy atom. The third-order valence-corrected chi connectivity index (χ3v) is 5.79. The van der Waals surface area contributed by atoms with Crippen LogP contribution >= 0.6 is 0 Å². The first-order valence-corrected chi connectivity index (χ1v) is 8.97. The van der Waals surface area contributed by atoms with Gasteiger partial charge in [-0.3, -0.25) is 0 Å². The number of para-hydroxylation sites is 1. The molecular weight excluding hydrogens is 284 g/mol. The SMILES string of the molecule is c1ccc2c(c1)Cn1cccc1C1(CCN(CC3CC3)CC1)O2. The molecule has 1 saturated carbocycles. The molecule has 1 spiro atoms. The third-order valence-electron chi connectivity index (χ3n) is 5.79. The van der Waals surface area contributed by atoms with Gasteiger partial charge in [-0.2, -0.15) is 0 Å². The zero-order valence-corrected chi connectivity index (χ0v) is 13.6. The minimum atomic E-state index is -0.143. The topological polar surface area (TPSA) is 17.4 Å². The van der Waals surface area contributed by atoms with Crippen molar-refractivity contribution < 1.29 is 4.74 Å². The lowest BCUT2D eigenvalue weighted by atomic mass is 9.87. The van der Waals surface area contributed by atoms with Gasteiger partial charge in [-0.15, -0.1) is 0 Å². The predicted octanol–water partition coefficient (Wildman–Crippen LogP) is 3.63. The molecule has 2 fully saturated rings. The molecule has 23 heavy (non-hydrogen) atoms. The first-order valence-electron chi connectivity index (χ1n) is 8.97. The van der Waals surface area contributed by atoms with Crippen molar-refractivity contribution in [3.8, 4) is 5.75 Å². The lowest BCUT2D eigenvalue weighted by Gasteiger charge is -2.41. The molecule has 1 aliphatic carbocycles. The minimum Gasteiger partial charge on any atom is -0.481 e. The zero-order chi connectivity index (χ0) is 15.3. The van der Waals surface area contributed by atoms with Crippen molar-refractivity contribution in [3.05, 3.63) is 53.9 Å². The molecular formula is C20H24N2O. The maximum Gasteiger partial charge on any atom is 0.151 e. The standard InChI is InChI=1S/C20H24N2O/c1-2-5-18-17(4-1)15-22-11-3-6-19(22)20(23-18)9-12-21(13-10-20)14-16-7-8-16/h1-6,11,16H,7-10,12-15H2. The maximum absolute atomic E-state index is 6.69. The summed E-state index contributed by atoms with van der Waals surface area (Å²) >= 11 is 0. The fourth-order valence-corrected chi connectivity index (χ4v) is 4.27. The lowest BCUT2D eigenvalue weighted by Crippen LogP contribution is -2.47. The van der Waals surface area contributed by atoms with Crippen LogP contribution in [-0.4, -0.2) is 29.1 Å². The largest absolute Gasteiger partial charge is 0.481 e. The van der Waals surface area contributed by atoms with Gasteiger partial charge in [-0.25, -0.2) is 0 Å². The third kappa shape index (κ3) is 2.38. The number of piperidine rings is 1. The molecule has 3 aliphatic rings. The first kappa shape index (κ1) is 13.7. The molecule has 0 N–H and O–H groups in total. The first-order chi connectivity index (χ1) is 11.3. The van der Waals surface area contributed by atoms with Gasteiger partial charge >= 0.3 is 0 Å². The summed E-state index contributed by atoms with van der Waals surface area (Å²) in [6, 6.07) is 13.0. The van der Waals surface area contributed by atoms with Gasteiger partial charge in [-0.05, 0) is 37.0 Å². The van der Waals surface area contributed by atoms with Crippen LogP contribution < -0.4 is 4.74 Å². The maximum atomic E-state index is 6.69. The Bertz CT molecular complexity index is 708. The molecule has 1 saturated heterocycles. The summed E-state index contributed by atoms with van der Waals surface area (Å²) in [4.78, 5) is 2.65. The highest BCUT2D eigenvalue weighted by Crippen LogP contribution is 2.42. The van der Waals surface area contributed by atoms with Crippen molar-refractivity contribution in [2.24, 2.45) is 5.92 Å². The zero-order valence-electron chi connectivity index (χ0n) is 13.6. The number of ether oxygens (including phenoxy) is 1. The molecule has 0 unspecified atom stereocenters. The van der Waals surface area contributed by atoms with E-state index in [0.29, 0.717) is 0 Å². The number of hydrogen-bond acceptors (Lipinski definition) is 2. The fourth-order valence-electron chi connectivity index (χ4n) is 4.27. The van der Waals surface area contributed by atoms with Crippen molar-refractivity contribution in [2.75, 3.05) is 19.6 Å². The summed E-state index contributed by atoms with van der Waals surface area (Å²) < 4.78 is 9.08. The quantitative estimate of drug-likeness (QED) is 0.843. The van der Waals surface area contributed by atoms with Gasteiger partial charge < -0.3 is 14.2 Å². The van der Waals surface area contributed by atoms with E-state index in [4.69, 9.17) is 4.74 Å². The summed E-state index contributed by atoms with van der Waals surface area (Å²) in [6.07, 6.45) is 7.28. The number of rotatable bonds is 2. The van der Waals surface area contributed by atoms with Crippen molar-refractivity contribution >= 4 is 0 Å². The molecule has 0 amide bonds. The number of benzene rings is 1. The summed E-state index contributed by atoms with van der Waals surface area (Å²) in [6.45, 7) is 4.54. The fraction of sp³-hybridized carbons (Fsp3) is 0.500. The molecule has 3 heterocycles. The molecule has 0 bridgehead atoms. The van der Waals surface area contributed by atoms with Crippen molar-refractivity contribution in [3.63, 3.8) is 0 Å². The Kier molecular flexibility index (Phi) is 3.05. The van der Waals surface area contributed by atoms with Gasteiger partial charge in [0.05, 0.1) is 12.2 Å². The van der Waals surface area contributed by atoms with E-state index < -0.39 is 0 Å². The molecule has 1 aromatic carbocycles. The van der Waals surface area contributed by atoms with E-state index in [1.54, 1.807) is 0 Å². The predicted molar refractivity (Wildman–Crippen MR) is 90.7 cm³/mol. The average Bonchev–Trinajstić information content (AvgIpc) is 3.29. The van der Waals surface area contributed by atoms with Crippen LogP contribution in [0.15, 0.2) is 42.6 Å². The highest BCUT2D eigenvalue weighted by atomic mass is 16.5. The van der Waals surface area contributed by atoms with Crippen LogP contribution in [0, 0.1) is 5.92 Å². The normalized spacial score (nSPS) is 23.0. The Hall–Kier alpha value is -1.74. The number of fused-ring (bicyclic) bond motifs is 3. The van der Waals surface area contributed by atoms with E-state index in [1.165, 1.54) is 30.6 Å². The average molecular weight is 308 g/mol. The van der Waals surface area contributed by atoms with Crippen molar-refractivity contribution in [1.82, 2.24) is 9.47 Å². The van der Waals surface area contributed by atoms with E-state index in [-0.39, 0.29) is 5.60 Å². The van der Waals surface area contributed by atoms with Crippen LogP contribution in [-0.2, 0) is 12.1 Å². The monoisotopic (exact) mass is 308 g/mol. The highest BCUT2D eigenvalue weighted by Gasteiger charge is 2.42. The van der Waals surface area contributed by atoms with Gasteiger partial charge in [-0.1, -0.05) is 18.2 Å². The molecule has 3 nitrogen and oxygen atoms in total. The smallest absolute Gasteiger partial charge is 0.151 e. The number of nitrogens with zero attached hydrogens (tertiary/aromatic N) is 2. The summed E-state index contributed by atoms with van der Waals surface area (Å²) in [5, 5.41) is 0. The molecule has 0 radical (unpaired) electrons. The van der Waals surface area contributed by atoms with Gasteiger partial charge in [0.2, 0.25) is 0 Å². The second-order valence-electron chi connectivity index (χ2n) is 7.47. The van der Waals surface area contributed by atoms with E-state index in [2.05, 4.69) is 52.1 Å². The van der Waals surface area contributed by atoms with E-state index >= 15 is 0 Å². The van der Waals surface area contributed by atoms with Gasteiger partial charge in [0.1, 0.15) is 5.75 Å².